The van der Waals surface area contributed by atoms with Crippen molar-refractivity contribution in [1.29, 1.82) is 0 Å². The van der Waals surface area contributed by atoms with Gasteiger partial charge in [-0.25, -0.2) is 0 Å². The molecule has 70 valence electrons. The van der Waals surface area contributed by atoms with Gasteiger partial charge in [0.25, 0.3) is 0 Å². The quantitative estimate of drug-likeness (QED) is 0.737. The molecule has 0 radical (unpaired) electrons. The normalized spacial score (nSPS) is 21.8. The summed E-state index contributed by atoms with van der Waals surface area (Å²) in [4.78, 5) is 4.02. The number of aromatic nitrogens is 1. The largest absolute Gasteiger partial charge is 0.489 e. The fraction of sp³-hybridized carbons (Fsp3) is 0.500. The van der Waals surface area contributed by atoms with Gasteiger partial charge in [0.05, 0.1) is 0 Å². The van der Waals surface area contributed by atoms with Crippen LogP contribution in [0.1, 0.15) is 12.0 Å². The van der Waals surface area contributed by atoms with Crippen molar-refractivity contribution < 1.29 is 4.74 Å². The second-order valence-corrected chi connectivity index (χ2v) is 3.37. The zero-order valence-corrected chi connectivity index (χ0v) is 7.79. The predicted molar refractivity (Wildman–Crippen MR) is 50.9 cm³/mol. The third kappa shape index (κ3) is 1.98. The van der Waals surface area contributed by atoms with Crippen LogP contribution in [0.15, 0.2) is 18.5 Å². The molecule has 1 unspecified atom stereocenters. The molecule has 0 bridgehead atoms. The van der Waals surface area contributed by atoms with Crippen LogP contribution in [0.5, 0.6) is 5.75 Å². The maximum atomic E-state index is 5.80. The van der Waals surface area contributed by atoms with Crippen molar-refractivity contribution in [2.45, 2.75) is 19.4 Å². The lowest BCUT2D eigenvalue weighted by atomic mass is 10.2. The molecular weight excluding hydrogens is 164 g/mol. The summed E-state index contributed by atoms with van der Waals surface area (Å²) in [6.45, 7) is 4.04. The van der Waals surface area contributed by atoms with Crippen LogP contribution < -0.4 is 10.1 Å². The second kappa shape index (κ2) is 3.75. The van der Waals surface area contributed by atoms with Gasteiger partial charge in [-0.2, -0.15) is 0 Å². The average molecular weight is 178 g/mol. The van der Waals surface area contributed by atoms with Gasteiger partial charge in [-0.3, -0.25) is 4.98 Å². The molecule has 1 aromatic heterocycles. The molecule has 1 aliphatic rings. The molecule has 0 aliphatic carbocycles. The van der Waals surface area contributed by atoms with Gasteiger partial charge >= 0.3 is 0 Å². The number of rotatable bonds is 2. The molecule has 0 saturated carbocycles. The van der Waals surface area contributed by atoms with E-state index >= 15 is 0 Å². The van der Waals surface area contributed by atoms with Crippen LogP contribution in [0.3, 0.4) is 0 Å². The molecule has 0 aromatic carbocycles. The van der Waals surface area contributed by atoms with Gasteiger partial charge in [-0.05, 0) is 26.0 Å². The zero-order valence-electron chi connectivity index (χ0n) is 7.79. The van der Waals surface area contributed by atoms with Gasteiger partial charge < -0.3 is 10.1 Å². The predicted octanol–water partition coefficient (Wildman–Crippen LogP) is 1.13. The standard InChI is InChI=1S/C10H14N2O/c1-8-6-11-5-3-10(8)13-9-2-4-12-7-9/h3,5-6,9,12H,2,4,7H2,1H3. The van der Waals surface area contributed by atoms with E-state index < -0.39 is 0 Å². The minimum Gasteiger partial charge on any atom is -0.489 e. The lowest BCUT2D eigenvalue weighted by Gasteiger charge is -2.13. The summed E-state index contributed by atoms with van der Waals surface area (Å²) in [6.07, 6.45) is 5.03. The molecule has 1 N–H and O–H groups in total. The number of nitrogens with one attached hydrogen (secondary N) is 1. The van der Waals surface area contributed by atoms with E-state index in [4.69, 9.17) is 4.74 Å². The fourth-order valence-corrected chi connectivity index (χ4v) is 1.50. The Bertz CT molecular complexity index is 282. The van der Waals surface area contributed by atoms with Gasteiger partial charge in [-0.15, -0.1) is 0 Å². The lowest BCUT2D eigenvalue weighted by molar-refractivity contribution is 0.221. The first-order valence-electron chi connectivity index (χ1n) is 4.64. The lowest BCUT2D eigenvalue weighted by Crippen LogP contribution is -2.19. The molecule has 1 saturated heterocycles. The minimum absolute atomic E-state index is 0.334. The van der Waals surface area contributed by atoms with Crippen molar-refractivity contribution in [3.8, 4) is 5.75 Å². The van der Waals surface area contributed by atoms with E-state index in [1.807, 2.05) is 19.2 Å². The number of ether oxygens (including phenoxy) is 1. The second-order valence-electron chi connectivity index (χ2n) is 3.37. The summed E-state index contributed by atoms with van der Waals surface area (Å²) in [7, 11) is 0. The average Bonchev–Trinajstić information content (AvgIpc) is 2.61. The number of hydrogen-bond acceptors (Lipinski definition) is 3. The Hall–Kier alpha value is -1.09. The van der Waals surface area contributed by atoms with E-state index in [9.17, 15) is 0 Å². The Labute approximate surface area is 78.1 Å². The molecule has 2 rings (SSSR count). The highest BCUT2D eigenvalue weighted by Gasteiger charge is 2.16. The Morgan fingerprint density at radius 2 is 2.54 bits per heavy atom. The Kier molecular flexibility index (Phi) is 2.45. The number of aryl methyl sites for hydroxylation is 1. The Balaban J connectivity index is 2.04. The van der Waals surface area contributed by atoms with Gasteiger partial charge in [0.1, 0.15) is 11.9 Å². The van der Waals surface area contributed by atoms with Crippen LogP contribution in [0.4, 0.5) is 0 Å². The van der Waals surface area contributed by atoms with Crippen molar-refractivity contribution in [2.24, 2.45) is 0 Å². The van der Waals surface area contributed by atoms with Crippen LogP contribution in [-0.2, 0) is 0 Å². The van der Waals surface area contributed by atoms with Gasteiger partial charge in [0.15, 0.2) is 0 Å². The summed E-state index contributed by atoms with van der Waals surface area (Å²) in [6, 6.07) is 1.92. The Morgan fingerprint density at radius 1 is 1.62 bits per heavy atom. The van der Waals surface area contributed by atoms with E-state index in [2.05, 4.69) is 10.3 Å². The van der Waals surface area contributed by atoms with E-state index in [1.54, 1.807) is 6.20 Å². The first kappa shape index (κ1) is 8.51. The molecule has 0 amide bonds. The minimum atomic E-state index is 0.334. The van der Waals surface area contributed by atoms with Crippen LogP contribution in [-0.4, -0.2) is 24.2 Å². The molecule has 3 nitrogen and oxygen atoms in total. The third-order valence-corrected chi connectivity index (χ3v) is 2.28. The molecule has 13 heavy (non-hydrogen) atoms. The summed E-state index contributed by atoms with van der Waals surface area (Å²) in [5.74, 6) is 0.962. The third-order valence-electron chi connectivity index (χ3n) is 2.28. The molecule has 3 heteroatoms. The molecule has 2 heterocycles. The molecule has 1 atom stereocenters. The zero-order chi connectivity index (χ0) is 9.10. The monoisotopic (exact) mass is 178 g/mol. The van der Waals surface area contributed by atoms with Crippen molar-refractivity contribution in [1.82, 2.24) is 10.3 Å². The highest BCUT2D eigenvalue weighted by atomic mass is 16.5. The summed E-state index contributed by atoms with van der Waals surface area (Å²) in [5, 5.41) is 3.27. The smallest absolute Gasteiger partial charge is 0.125 e. The van der Waals surface area contributed by atoms with Crippen molar-refractivity contribution in [2.75, 3.05) is 13.1 Å². The van der Waals surface area contributed by atoms with Gasteiger partial charge in [-0.1, -0.05) is 0 Å². The first-order chi connectivity index (χ1) is 6.36. The van der Waals surface area contributed by atoms with E-state index in [0.717, 1.165) is 30.8 Å². The molecular formula is C10H14N2O. The summed E-state index contributed by atoms with van der Waals surface area (Å²) >= 11 is 0. The SMILES string of the molecule is Cc1cnccc1OC1CCNC1. The fourth-order valence-electron chi connectivity index (χ4n) is 1.50. The number of nitrogens with zero attached hydrogens (tertiary/aromatic N) is 1. The maximum absolute atomic E-state index is 5.80. The first-order valence-corrected chi connectivity index (χ1v) is 4.64. The van der Waals surface area contributed by atoms with E-state index in [1.165, 1.54) is 0 Å². The topological polar surface area (TPSA) is 34.1 Å². The summed E-state index contributed by atoms with van der Waals surface area (Å²) in [5.41, 5.74) is 1.11. The van der Waals surface area contributed by atoms with Crippen LogP contribution in [0.2, 0.25) is 0 Å². The summed E-state index contributed by atoms with van der Waals surface area (Å²) < 4.78 is 5.80. The van der Waals surface area contributed by atoms with Crippen LogP contribution >= 0.6 is 0 Å². The highest BCUT2D eigenvalue weighted by Crippen LogP contribution is 2.18. The molecule has 1 aliphatic heterocycles. The number of pyridine rings is 1. The van der Waals surface area contributed by atoms with Gasteiger partial charge in [0, 0.05) is 24.5 Å². The molecule has 1 aromatic rings. The highest BCUT2D eigenvalue weighted by molar-refractivity contribution is 5.28. The maximum Gasteiger partial charge on any atom is 0.125 e. The molecule has 0 spiro atoms. The van der Waals surface area contributed by atoms with E-state index in [0.29, 0.717) is 6.10 Å². The van der Waals surface area contributed by atoms with Crippen LogP contribution in [0, 0.1) is 6.92 Å². The van der Waals surface area contributed by atoms with Gasteiger partial charge in [0.2, 0.25) is 0 Å². The van der Waals surface area contributed by atoms with Crippen molar-refractivity contribution in [3.05, 3.63) is 24.0 Å². The Morgan fingerprint density at radius 3 is 3.23 bits per heavy atom. The number of hydrogen-bond donors (Lipinski definition) is 1. The van der Waals surface area contributed by atoms with Crippen LogP contribution in [0.25, 0.3) is 0 Å². The van der Waals surface area contributed by atoms with Crippen molar-refractivity contribution >= 4 is 0 Å². The van der Waals surface area contributed by atoms with E-state index in [-0.39, 0.29) is 0 Å². The molecule has 1 fully saturated rings. The van der Waals surface area contributed by atoms with Crippen molar-refractivity contribution in [3.63, 3.8) is 0 Å².